The van der Waals surface area contributed by atoms with E-state index in [0.29, 0.717) is 0 Å². The van der Waals surface area contributed by atoms with Crippen LogP contribution >= 0.6 is 8.60 Å². The molecular weight excluding hydrogens is 223 g/mol. The molecule has 4 heteroatoms. The largest absolute Gasteiger partial charge is 0.332 e. The first-order valence-electron chi connectivity index (χ1n) is 6.54. The van der Waals surface area contributed by atoms with Gasteiger partial charge in [-0.15, -0.1) is 0 Å². The minimum atomic E-state index is -1.10. The van der Waals surface area contributed by atoms with Gasteiger partial charge in [0.1, 0.15) is 0 Å². The van der Waals surface area contributed by atoms with E-state index in [1.807, 2.05) is 0 Å². The Balaban J connectivity index is 3.58. The molecule has 16 heavy (non-hydrogen) atoms. The minimum Gasteiger partial charge on any atom is -0.312 e. The van der Waals surface area contributed by atoms with Crippen molar-refractivity contribution in [2.75, 3.05) is 19.8 Å². The predicted octanol–water partition coefficient (Wildman–Crippen LogP) is 4.66. The van der Waals surface area contributed by atoms with Gasteiger partial charge in [-0.2, -0.15) is 0 Å². The normalized spacial score (nSPS) is 11.2. The predicted molar refractivity (Wildman–Crippen MR) is 69.5 cm³/mol. The molecule has 0 fully saturated rings. The van der Waals surface area contributed by atoms with E-state index < -0.39 is 8.60 Å². The summed E-state index contributed by atoms with van der Waals surface area (Å²) >= 11 is 0. The Morgan fingerprint density at radius 2 is 0.938 bits per heavy atom. The molecule has 98 valence electrons. The molecule has 0 aliphatic rings. The third-order valence-corrected chi connectivity index (χ3v) is 3.26. The van der Waals surface area contributed by atoms with Crippen LogP contribution in [0.2, 0.25) is 0 Å². The molecule has 0 radical (unpaired) electrons. The van der Waals surface area contributed by atoms with Crippen LogP contribution in [0.1, 0.15) is 59.3 Å². The van der Waals surface area contributed by atoms with E-state index in [1.165, 1.54) is 0 Å². The van der Waals surface area contributed by atoms with Crippen LogP contribution in [0, 0.1) is 0 Å². The summed E-state index contributed by atoms with van der Waals surface area (Å²) in [5.41, 5.74) is 0. The van der Waals surface area contributed by atoms with Crippen LogP contribution in [0.4, 0.5) is 0 Å². The molecule has 0 aromatic rings. The van der Waals surface area contributed by atoms with Crippen molar-refractivity contribution in [2.24, 2.45) is 0 Å². The monoisotopic (exact) mass is 250 g/mol. The maximum absolute atomic E-state index is 5.60. The Morgan fingerprint density at radius 1 is 0.625 bits per heavy atom. The van der Waals surface area contributed by atoms with Gasteiger partial charge in [-0.05, 0) is 19.3 Å². The molecule has 0 rings (SSSR count). The highest BCUT2D eigenvalue weighted by molar-refractivity contribution is 7.41. The fourth-order valence-corrected chi connectivity index (χ4v) is 2.02. The lowest BCUT2D eigenvalue weighted by molar-refractivity contribution is 0.155. The number of hydrogen-bond acceptors (Lipinski definition) is 3. The molecule has 0 spiro atoms. The fourth-order valence-electron chi connectivity index (χ4n) is 0.962. The van der Waals surface area contributed by atoms with Crippen LogP contribution < -0.4 is 0 Å². The quantitative estimate of drug-likeness (QED) is 0.372. The lowest BCUT2D eigenvalue weighted by Gasteiger charge is -2.16. The van der Waals surface area contributed by atoms with Gasteiger partial charge >= 0.3 is 8.60 Å². The van der Waals surface area contributed by atoms with Crippen LogP contribution in [0.3, 0.4) is 0 Å². The standard InChI is InChI=1S/C12H27O3P/c1-4-7-10-13-16(14-11-8-5-2)15-12-9-6-3/h4-12H2,1-3H3. The van der Waals surface area contributed by atoms with Crippen molar-refractivity contribution in [2.45, 2.75) is 59.3 Å². The molecule has 0 atom stereocenters. The highest BCUT2D eigenvalue weighted by atomic mass is 31.2. The minimum absolute atomic E-state index is 0.750. The first-order chi connectivity index (χ1) is 7.85. The lowest BCUT2D eigenvalue weighted by Crippen LogP contribution is -1.99. The molecule has 0 aliphatic heterocycles. The van der Waals surface area contributed by atoms with E-state index in [0.717, 1.165) is 58.3 Å². The van der Waals surface area contributed by atoms with Crippen molar-refractivity contribution in [3.05, 3.63) is 0 Å². The van der Waals surface area contributed by atoms with Gasteiger partial charge in [-0.25, -0.2) is 0 Å². The summed E-state index contributed by atoms with van der Waals surface area (Å²) in [4.78, 5) is 0. The fraction of sp³-hybridized carbons (Fsp3) is 1.00. The van der Waals surface area contributed by atoms with Gasteiger partial charge in [0.25, 0.3) is 0 Å². The Bertz CT molecular complexity index is 110. The van der Waals surface area contributed by atoms with E-state index in [9.17, 15) is 0 Å². The highest BCUT2D eigenvalue weighted by Gasteiger charge is 2.11. The van der Waals surface area contributed by atoms with Gasteiger partial charge < -0.3 is 13.6 Å². The van der Waals surface area contributed by atoms with Crippen molar-refractivity contribution in [3.8, 4) is 0 Å². The smallest absolute Gasteiger partial charge is 0.312 e. The van der Waals surface area contributed by atoms with Gasteiger partial charge in [0, 0.05) is 0 Å². The molecule has 0 aromatic heterocycles. The van der Waals surface area contributed by atoms with Gasteiger partial charge in [0.2, 0.25) is 0 Å². The number of unbranched alkanes of at least 4 members (excludes halogenated alkanes) is 3. The van der Waals surface area contributed by atoms with E-state index in [2.05, 4.69) is 20.8 Å². The average Bonchev–Trinajstić information content (AvgIpc) is 2.29. The summed E-state index contributed by atoms with van der Waals surface area (Å²) in [5.74, 6) is 0. The molecule has 0 aliphatic carbocycles. The summed E-state index contributed by atoms with van der Waals surface area (Å²) in [6, 6.07) is 0. The van der Waals surface area contributed by atoms with E-state index in [1.54, 1.807) is 0 Å². The first kappa shape index (κ1) is 16.3. The Hall–Kier alpha value is 0.310. The summed E-state index contributed by atoms with van der Waals surface area (Å²) in [6.45, 7) is 8.71. The van der Waals surface area contributed by atoms with Crippen LogP contribution in [0.15, 0.2) is 0 Å². The number of rotatable bonds is 12. The second-order valence-electron chi connectivity index (χ2n) is 3.78. The van der Waals surface area contributed by atoms with Gasteiger partial charge in [0.05, 0.1) is 19.8 Å². The molecule has 0 N–H and O–H groups in total. The van der Waals surface area contributed by atoms with E-state index in [-0.39, 0.29) is 0 Å². The maximum Gasteiger partial charge on any atom is 0.332 e. The zero-order chi connectivity index (χ0) is 12.1. The molecule has 0 heterocycles. The molecular formula is C12H27O3P. The molecule has 0 saturated heterocycles. The van der Waals surface area contributed by atoms with Crippen molar-refractivity contribution in [1.29, 1.82) is 0 Å². The molecule has 0 bridgehead atoms. The average molecular weight is 250 g/mol. The maximum atomic E-state index is 5.60. The van der Waals surface area contributed by atoms with Crippen molar-refractivity contribution >= 4 is 8.60 Å². The summed E-state index contributed by atoms with van der Waals surface area (Å²) in [7, 11) is -1.10. The molecule has 0 saturated carbocycles. The van der Waals surface area contributed by atoms with Gasteiger partial charge in [0.15, 0.2) is 0 Å². The van der Waals surface area contributed by atoms with E-state index in [4.69, 9.17) is 13.6 Å². The summed E-state index contributed by atoms with van der Waals surface area (Å²) < 4.78 is 16.8. The van der Waals surface area contributed by atoms with E-state index >= 15 is 0 Å². The summed E-state index contributed by atoms with van der Waals surface area (Å²) in [6.07, 6.45) is 6.67. The van der Waals surface area contributed by atoms with Crippen LogP contribution in [-0.4, -0.2) is 19.8 Å². The first-order valence-corrected chi connectivity index (χ1v) is 7.63. The molecule has 3 nitrogen and oxygen atoms in total. The van der Waals surface area contributed by atoms with Crippen LogP contribution in [0.5, 0.6) is 0 Å². The molecule has 0 amide bonds. The Labute approximate surface area is 102 Å². The van der Waals surface area contributed by atoms with Gasteiger partial charge in [-0.3, -0.25) is 0 Å². The van der Waals surface area contributed by atoms with Crippen molar-refractivity contribution in [3.63, 3.8) is 0 Å². The third kappa shape index (κ3) is 10.8. The van der Waals surface area contributed by atoms with Crippen LogP contribution in [-0.2, 0) is 13.6 Å². The third-order valence-electron chi connectivity index (χ3n) is 2.08. The van der Waals surface area contributed by atoms with Crippen molar-refractivity contribution in [1.82, 2.24) is 0 Å². The topological polar surface area (TPSA) is 27.7 Å². The SMILES string of the molecule is CCCCOP(OCCCC)OCCCC. The Kier molecular flexibility index (Phi) is 13.6. The highest BCUT2D eigenvalue weighted by Crippen LogP contribution is 2.40. The van der Waals surface area contributed by atoms with Gasteiger partial charge in [-0.1, -0.05) is 40.0 Å². The molecule has 0 unspecified atom stereocenters. The molecule has 0 aromatic carbocycles. The number of hydrogen-bond donors (Lipinski definition) is 0. The Morgan fingerprint density at radius 3 is 1.19 bits per heavy atom. The lowest BCUT2D eigenvalue weighted by atomic mass is 10.4. The second kappa shape index (κ2) is 13.4. The zero-order valence-electron chi connectivity index (χ0n) is 11.0. The second-order valence-corrected chi connectivity index (χ2v) is 5.01. The zero-order valence-corrected chi connectivity index (χ0v) is 11.9. The summed E-state index contributed by atoms with van der Waals surface area (Å²) in [5, 5.41) is 0. The van der Waals surface area contributed by atoms with Crippen molar-refractivity contribution < 1.29 is 13.6 Å². The van der Waals surface area contributed by atoms with Crippen LogP contribution in [0.25, 0.3) is 0 Å².